The fourth-order valence-electron chi connectivity index (χ4n) is 5.94. The SMILES string of the molecule is COCCC[PH+](CCCOC)CC[PH+](CCCOC)CCCOC.COCCC[PH+](CCCOC)CC[PH+](CCCOC)CCCOC.[Br][Fe][Br]. The second kappa shape index (κ2) is 52.9. The van der Waals surface area contributed by atoms with Gasteiger partial charge in [0.1, 0.15) is 0 Å². The van der Waals surface area contributed by atoms with E-state index in [-0.39, 0.29) is 31.7 Å². The van der Waals surface area contributed by atoms with Gasteiger partial charge in [-0.1, -0.05) is 0 Å². The Balaban J connectivity index is -0.000000838. The van der Waals surface area contributed by atoms with Crippen LogP contribution < -0.4 is 0 Å². The van der Waals surface area contributed by atoms with Crippen molar-refractivity contribution in [3.05, 3.63) is 0 Å². The summed E-state index contributed by atoms with van der Waals surface area (Å²) in [5.74, 6) is 0. The third kappa shape index (κ3) is 49.0. The normalized spacial score (nSPS) is 11.5. The Morgan fingerprint density at radius 3 is 0.490 bits per heavy atom. The maximum atomic E-state index is 5.24. The molecule has 0 rings (SSSR count). The van der Waals surface area contributed by atoms with E-state index in [1.54, 1.807) is 0 Å². The number of halogens is 2. The molecule has 51 heavy (non-hydrogen) atoms. The molecular formula is C36H84Br2FeO8P4+4. The van der Waals surface area contributed by atoms with Crippen LogP contribution in [0.15, 0.2) is 0 Å². The molecule has 0 aromatic carbocycles. The molecule has 0 aliphatic carbocycles. The van der Waals surface area contributed by atoms with Crippen LogP contribution in [0.25, 0.3) is 0 Å². The summed E-state index contributed by atoms with van der Waals surface area (Å²) in [6.45, 7) is 7.32. The Kier molecular flexibility index (Phi) is 60.3. The molecule has 0 aliphatic heterocycles. The van der Waals surface area contributed by atoms with Crippen molar-refractivity contribution < 1.29 is 49.2 Å². The van der Waals surface area contributed by atoms with E-state index in [9.17, 15) is 0 Å². The van der Waals surface area contributed by atoms with Gasteiger partial charge in [-0.2, -0.15) is 0 Å². The van der Waals surface area contributed by atoms with E-state index >= 15 is 0 Å². The summed E-state index contributed by atoms with van der Waals surface area (Å²) in [5, 5.41) is 0. The molecule has 0 aromatic rings. The molecule has 0 fully saturated rings. The number of rotatable bonds is 38. The third-order valence-corrected chi connectivity index (χ3v) is 22.0. The van der Waals surface area contributed by atoms with E-state index in [1.807, 2.05) is 56.9 Å². The zero-order valence-electron chi connectivity index (χ0n) is 34.2. The van der Waals surface area contributed by atoms with Crippen LogP contribution in [0.3, 0.4) is 0 Å². The van der Waals surface area contributed by atoms with Crippen molar-refractivity contribution in [1.82, 2.24) is 0 Å². The molecule has 0 heterocycles. The van der Waals surface area contributed by atoms with E-state index in [0.29, 0.717) is 0 Å². The van der Waals surface area contributed by atoms with E-state index < -0.39 is 0 Å². The fraction of sp³-hybridized carbons (Fsp3) is 1.00. The van der Waals surface area contributed by atoms with Gasteiger partial charge >= 0.3 is 39.6 Å². The predicted octanol–water partition coefficient (Wildman–Crippen LogP) is 8.81. The molecule has 15 heteroatoms. The van der Waals surface area contributed by atoms with Gasteiger partial charge < -0.3 is 37.9 Å². The van der Waals surface area contributed by atoms with Crippen LogP contribution in [-0.4, -0.2) is 184 Å². The zero-order valence-corrected chi connectivity index (χ0v) is 42.5. The van der Waals surface area contributed by atoms with Gasteiger partial charge in [-0.25, -0.2) is 0 Å². The predicted molar refractivity (Wildman–Crippen MR) is 241 cm³/mol. The van der Waals surface area contributed by atoms with Gasteiger partial charge in [0.25, 0.3) is 0 Å². The molecule has 0 bridgehead atoms. The van der Waals surface area contributed by atoms with Crippen molar-refractivity contribution in [1.29, 1.82) is 0 Å². The second-order valence-electron chi connectivity index (χ2n) is 12.8. The number of ether oxygens (including phenoxy) is 8. The monoisotopic (exact) mass is 982 g/mol. The zero-order chi connectivity index (χ0) is 38.5. The van der Waals surface area contributed by atoms with Gasteiger partial charge in [-0.3, -0.25) is 0 Å². The Bertz CT molecular complexity index is 483. The van der Waals surface area contributed by atoms with Crippen LogP contribution in [0.2, 0.25) is 0 Å². The second-order valence-corrected chi connectivity index (χ2v) is 30.4. The van der Waals surface area contributed by atoms with Gasteiger partial charge in [0.05, 0.1) is 73.9 Å². The topological polar surface area (TPSA) is 73.8 Å². The van der Waals surface area contributed by atoms with E-state index in [2.05, 4.69) is 28.2 Å². The molecule has 0 saturated heterocycles. The quantitative estimate of drug-likeness (QED) is 0.0346. The van der Waals surface area contributed by atoms with E-state index in [4.69, 9.17) is 37.9 Å². The van der Waals surface area contributed by atoms with Crippen molar-refractivity contribution in [2.75, 3.05) is 184 Å². The summed E-state index contributed by atoms with van der Waals surface area (Å²) < 4.78 is 42.0. The Morgan fingerprint density at radius 1 is 0.275 bits per heavy atom. The van der Waals surface area contributed by atoms with Crippen molar-refractivity contribution in [3.63, 3.8) is 0 Å². The summed E-state index contributed by atoms with van der Waals surface area (Å²) in [6, 6.07) is 0. The van der Waals surface area contributed by atoms with E-state index in [1.165, 1.54) is 125 Å². The molecule has 314 valence electrons. The van der Waals surface area contributed by atoms with Crippen LogP contribution in [0, 0.1) is 0 Å². The molecule has 0 unspecified atom stereocenters. The number of methoxy groups -OCH3 is 8. The van der Waals surface area contributed by atoms with Crippen LogP contribution in [0.1, 0.15) is 51.4 Å². The van der Waals surface area contributed by atoms with Crippen molar-refractivity contribution in [3.8, 4) is 0 Å². The molecule has 0 N–H and O–H groups in total. The summed E-state index contributed by atoms with van der Waals surface area (Å²) in [6.07, 6.45) is 26.9. The summed E-state index contributed by atoms with van der Waals surface area (Å²) in [4.78, 5) is 0. The minimum atomic E-state index is -0.242. The summed E-state index contributed by atoms with van der Waals surface area (Å²) in [7, 11) is 13.5. The molecular weight excluding hydrogens is 900 g/mol. The molecule has 0 saturated carbocycles. The molecule has 0 aliphatic rings. The molecule has 0 radical (unpaired) electrons. The van der Waals surface area contributed by atoms with Crippen LogP contribution in [0.5, 0.6) is 0 Å². The first-order valence-corrected chi connectivity index (χ1v) is 33.0. The van der Waals surface area contributed by atoms with Gasteiger partial charge in [-0.05, 0) is 0 Å². The average Bonchev–Trinajstić information content (AvgIpc) is 3.13. The summed E-state index contributed by atoms with van der Waals surface area (Å²) >= 11 is 7.00. The van der Waals surface area contributed by atoms with E-state index in [0.717, 1.165) is 64.2 Å². The molecule has 0 aromatic heterocycles. The molecule has 8 nitrogen and oxygen atoms in total. The number of hydrogen-bond acceptors (Lipinski definition) is 8. The van der Waals surface area contributed by atoms with Crippen LogP contribution >= 0.6 is 59.9 Å². The van der Waals surface area contributed by atoms with Gasteiger partial charge in [0.2, 0.25) is 0 Å². The first-order valence-electron chi connectivity index (χ1n) is 19.1. The van der Waals surface area contributed by atoms with Gasteiger partial charge in [0, 0.05) is 193 Å². The minimum absolute atomic E-state index is 0.242. The van der Waals surface area contributed by atoms with Crippen LogP contribution in [0.4, 0.5) is 0 Å². The average molecular weight is 985 g/mol. The molecule has 0 amide bonds. The van der Waals surface area contributed by atoms with Crippen molar-refractivity contribution >= 4 is 59.9 Å². The van der Waals surface area contributed by atoms with Crippen molar-refractivity contribution in [2.45, 2.75) is 51.4 Å². The Hall–Kier alpha value is 2.88. The molecule has 0 atom stereocenters. The Morgan fingerprint density at radius 2 is 0.392 bits per heavy atom. The number of hydrogen-bond donors (Lipinski definition) is 0. The first kappa shape index (κ1) is 58.2. The Labute approximate surface area is 342 Å². The van der Waals surface area contributed by atoms with Gasteiger partial charge in [0.15, 0.2) is 0 Å². The fourth-order valence-corrected chi connectivity index (χ4v) is 19.8. The third-order valence-electron chi connectivity index (χ3n) is 8.69. The molecule has 0 spiro atoms. The van der Waals surface area contributed by atoms with Crippen LogP contribution in [-0.2, 0) is 49.2 Å². The maximum absolute atomic E-state index is 5.24. The first-order chi connectivity index (χ1) is 25.0. The van der Waals surface area contributed by atoms with Gasteiger partial charge in [-0.15, -0.1) is 0 Å². The summed E-state index contributed by atoms with van der Waals surface area (Å²) in [5.41, 5.74) is 0. The standard InChI is InChI=1S/2C18H40O4P2.2BrH.Fe/c2*1-19-9-5-13-23(14-6-10-20-2)17-18-24(15-7-11-21-3)16-8-12-22-4;;;/h2*5-18H2,1-4H3;2*1H;/q;;;;+2/p+2. The van der Waals surface area contributed by atoms with Crippen molar-refractivity contribution in [2.24, 2.45) is 0 Å².